The number of para-hydroxylation sites is 1. The zero-order valence-corrected chi connectivity index (χ0v) is 12.1. The van der Waals surface area contributed by atoms with E-state index in [1.54, 1.807) is 23.5 Å². The molecule has 4 nitrogen and oxygen atoms in total. The molecule has 0 unspecified atom stereocenters. The number of rotatable bonds is 4. The molecule has 0 aliphatic rings. The molecule has 0 amide bonds. The summed E-state index contributed by atoms with van der Waals surface area (Å²) in [5, 5.41) is 9.76. The molecular weight excluding hydrogens is 286 g/mol. The molecule has 3 rings (SSSR count). The largest absolute Gasteiger partial charge is 0.479 e. The normalized spacial score (nSPS) is 12.2. The van der Waals surface area contributed by atoms with Gasteiger partial charge in [-0.25, -0.2) is 9.78 Å². The fraction of sp³-hybridized carbons (Fsp3) is 0.125. The Morgan fingerprint density at radius 1 is 1.19 bits per heavy atom. The molecule has 0 bridgehead atoms. The number of nitrogens with zero attached hydrogens (tertiary/aromatic N) is 1. The average Bonchev–Trinajstić information content (AvgIpc) is 2.91. The van der Waals surface area contributed by atoms with Crippen LogP contribution in [0.3, 0.4) is 0 Å². The second-order valence-electron chi connectivity index (χ2n) is 4.61. The van der Waals surface area contributed by atoms with Crippen molar-refractivity contribution in [2.24, 2.45) is 0 Å². The van der Waals surface area contributed by atoms with Crippen LogP contribution in [-0.2, 0) is 4.79 Å². The van der Waals surface area contributed by atoms with Crippen LogP contribution in [0.15, 0.2) is 48.5 Å². The maximum atomic E-state index is 10.8. The van der Waals surface area contributed by atoms with Crippen LogP contribution in [0.5, 0.6) is 5.75 Å². The van der Waals surface area contributed by atoms with E-state index >= 15 is 0 Å². The summed E-state index contributed by atoms with van der Waals surface area (Å²) >= 11 is 1.63. The van der Waals surface area contributed by atoms with E-state index in [0.717, 1.165) is 20.8 Å². The lowest BCUT2D eigenvalue weighted by Gasteiger charge is -2.10. The number of carboxylic acid groups (broad SMARTS) is 1. The van der Waals surface area contributed by atoms with Gasteiger partial charge in [0.2, 0.25) is 0 Å². The first kappa shape index (κ1) is 13.6. The van der Waals surface area contributed by atoms with Gasteiger partial charge < -0.3 is 9.84 Å². The molecule has 2 aromatic carbocycles. The highest BCUT2D eigenvalue weighted by atomic mass is 32.1. The van der Waals surface area contributed by atoms with Crippen LogP contribution in [0, 0.1) is 0 Å². The highest BCUT2D eigenvalue weighted by Crippen LogP contribution is 2.30. The number of carboxylic acids is 1. The lowest BCUT2D eigenvalue weighted by atomic mass is 10.2. The number of carbonyl (C=O) groups is 1. The number of aromatic nitrogens is 1. The van der Waals surface area contributed by atoms with Gasteiger partial charge in [-0.2, -0.15) is 0 Å². The van der Waals surface area contributed by atoms with Gasteiger partial charge >= 0.3 is 5.97 Å². The smallest absolute Gasteiger partial charge is 0.344 e. The van der Waals surface area contributed by atoms with E-state index in [0.29, 0.717) is 5.75 Å². The third-order valence-corrected chi connectivity index (χ3v) is 4.14. The number of ether oxygens (including phenoxy) is 1. The van der Waals surface area contributed by atoms with Crippen LogP contribution in [0.2, 0.25) is 0 Å². The molecule has 0 radical (unpaired) electrons. The Morgan fingerprint density at radius 3 is 2.57 bits per heavy atom. The molecule has 0 aliphatic carbocycles. The van der Waals surface area contributed by atoms with E-state index in [-0.39, 0.29) is 0 Å². The molecule has 0 saturated carbocycles. The Labute approximate surface area is 125 Å². The number of benzene rings is 2. The van der Waals surface area contributed by atoms with Crippen molar-refractivity contribution < 1.29 is 14.6 Å². The number of hydrogen-bond donors (Lipinski definition) is 1. The molecule has 0 aliphatic heterocycles. The van der Waals surface area contributed by atoms with Crippen molar-refractivity contribution >= 4 is 27.5 Å². The predicted molar refractivity (Wildman–Crippen MR) is 82.8 cm³/mol. The summed E-state index contributed by atoms with van der Waals surface area (Å²) in [6.07, 6.45) is -0.863. The van der Waals surface area contributed by atoms with Crippen LogP contribution in [0.25, 0.3) is 20.8 Å². The SMILES string of the molecule is C[C@H](Oc1ccc(-c2nc3ccccc3s2)cc1)C(=O)O. The van der Waals surface area contributed by atoms with Crippen molar-refractivity contribution in [1.82, 2.24) is 4.98 Å². The first-order chi connectivity index (χ1) is 10.1. The Morgan fingerprint density at radius 2 is 1.90 bits per heavy atom. The maximum Gasteiger partial charge on any atom is 0.344 e. The van der Waals surface area contributed by atoms with Crippen LogP contribution >= 0.6 is 11.3 Å². The molecule has 0 spiro atoms. The van der Waals surface area contributed by atoms with Gasteiger partial charge in [0.05, 0.1) is 10.2 Å². The third kappa shape index (κ3) is 2.87. The molecule has 5 heteroatoms. The third-order valence-electron chi connectivity index (χ3n) is 3.06. The minimum absolute atomic E-state index is 0.537. The summed E-state index contributed by atoms with van der Waals surface area (Å²) < 4.78 is 6.45. The zero-order valence-electron chi connectivity index (χ0n) is 11.3. The van der Waals surface area contributed by atoms with Gasteiger partial charge in [0.25, 0.3) is 0 Å². The minimum atomic E-state index is -0.981. The number of aliphatic carboxylic acids is 1. The molecule has 1 aromatic heterocycles. The molecule has 0 saturated heterocycles. The van der Waals surface area contributed by atoms with E-state index in [9.17, 15) is 4.79 Å². The summed E-state index contributed by atoms with van der Waals surface area (Å²) in [7, 11) is 0. The van der Waals surface area contributed by atoms with E-state index < -0.39 is 12.1 Å². The van der Waals surface area contributed by atoms with Gasteiger partial charge in [0.15, 0.2) is 6.10 Å². The highest BCUT2D eigenvalue weighted by Gasteiger charge is 2.12. The molecule has 3 aromatic rings. The van der Waals surface area contributed by atoms with E-state index in [2.05, 4.69) is 4.98 Å². The molecule has 106 valence electrons. The Kier molecular flexibility index (Phi) is 3.58. The summed E-state index contributed by atoms with van der Waals surface area (Å²) in [6, 6.07) is 15.3. The highest BCUT2D eigenvalue weighted by molar-refractivity contribution is 7.21. The quantitative estimate of drug-likeness (QED) is 0.795. The summed E-state index contributed by atoms with van der Waals surface area (Å²) in [4.78, 5) is 15.3. The second-order valence-corrected chi connectivity index (χ2v) is 5.64. The minimum Gasteiger partial charge on any atom is -0.479 e. The van der Waals surface area contributed by atoms with Crippen molar-refractivity contribution in [3.8, 4) is 16.3 Å². The molecule has 1 atom stereocenters. The fourth-order valence-electron chi connectivity index (χ4n) is 1.93. The summed E-state index contributed by atoms with van der Waals surface area (Å²) in [5.41, 5.74) is 1.98. The van der Waals surface area contributed by atoms with Gasteiger partial charge in [-0.1, -0.05) is 12.1 Å². The van der Waals surface area contributed by atoms with Crippen molar-refractivity contribution in [1.29, 1.82) is 0 Å². The van der Waals surface area contributed by atoms with Crippen LogP contribution < -0.4 is 4.74 Å². The van der Waals surface area contributed by atoms with Gasteiger partial charge in [0.1, 0.15) is 10.8 Å². The molecule has 21 heavy (non-hydrogen) atoms. The lowest BCUT2D eigenvalue weighted by Crippen LogP contribution is -2.22. The summed E-state index contributed by atoms with van der Waals surface area (Å²) in [5.74, 6) is -0.444. The van der Waals surface area contributed by atoms with Gasteiger partial charge in [0, 0.05) is 5.56 Å². The molecule has 1 N–H and O–H groups in total. The first-order valence-corrected chi connectivity index (χ1v) is 7.30. The van der Waals surface area contributed by atoms with E-state index in [4.69, 9.17) is 9.84 Å². The van der Waals surface area contributed by atoms with Gasteiger partial charge in [-0.3, -0.25) is 0 Å². The van der Waals surface area contributed by atoms with E-state index in [1.165, 1.54) is 6.92 Å². The number of hydrogen-bond acceptors (Lipinski definition) is 4. The molecular formula is C16H13NO3S. The van der Waals surface area contributed by atoms with Crippen LogP contribution in [-0.4, -0.2) is 22.2 Å². The van der Waals surface area contributed by atoms with Gasteiger partial charge in [-0.15, -0.1) is 11.3 Å². The van der Waals surface area contributed by atoms with Crippen LogP contribution in [0.1, 0.15) is 6.92 Å². The van der Waals surface area contributed by atoms with Gasteiger partial charge in [-0.05, 0) is 43.3 Å². The van der Waals surface area contributed by atoms with Crippen LogP contribution in [0.4, 0.5) is 0 Å². The average molecular weight is 299 g/mol. The number of thiazole rings is 1. The van der Waals surface area contributed by atoms with E-state index in [1.807, 2.05) is 36.4 Å². The van der Waals surface area contributed by atoms with Crippen molar-refractivity contribution in [3.05, 3.63) is 48.5 Å². The lowest BCUT2D eigenvalue weighted by molar-refractivity contribution is -0.144. The van der Waals surface area contributed by atoms with Crippen molar-refractivity contribution in [2.45, 2.75) is 13.0 Å². The Hall–Kier alpha value is -2.40. The second kappa shape index (κ2) is 5.54. The predicted octanol–water partition coefficient (Wildman–Crippen LogP) is 3.82. The maximum absolute atomic E-state index is 10.8. The zero-order chi connectivity index (χ0) is 14.8. The first-order valence-electron chi connectivity index (χ1n) is 6.49. The van der Waals surface area contributed by atoms with Crippen molar-refractivity contribution in [3.63, 3.8) is 0 Å². The topological polar surface area (TPSA) is 59.4 Å². The molecule has 1 heterocycles. The fourth-order valence-corrected chi connectivity index (χ4v) is 2.90. The Balaban J connectivity index is 1.85. The monoisotopic (exact) mass is 299 g/mol. The van der Waals surface area contributed by atoms with Crippen molar-refractivity contribution in [2.75, 3.05) is 0 Å². The number of fused-ring (bicyclic) bond motifs is 1. The molecule has 0 fully saturated rings. The summed E-state index contributed by atoms with van der Waals surface area (Å²) in [6.45, 7) is 1.50. The standard InChI is InChI=1S/C16H13NO3S/c1-10(16(18)19)20-12-8-6-11(7-9-12)15-17-13-4-2-3-5-14(13)21-15/h2-10H,1H3,(H,18,19)/t10-/m0/s1. The Bertz CT molecular complexity index is 747.